The first-order valence-corrected chi connectivity index (χ1v) is 45.2. The van der Waals surface area contributed by atoms with Crippen LogP contribution in [0, 0.1) is 75.5 Å². The molecule has 0 spiro atoms. The van der Waals surface area contributed by atoms with Crippen LogP contribution in [-0.4, -0.2) is 512 Å². The zero-order chi connectivity index (χ0) is 104. The number of methoxy groups -OCH3 is 3. The summed E-state index contributed by atoms with van der Waals surface area (Å²) in [5, 5.41) is 91.6. The molecule has 787 valence electrons. The van der Waals surface area contributed by atoms with Crippen LogP contribution < -0.4 is 16.0 Å². The van der Waals surface area contributed by atoms with Gasteiger partial charge in [0.15, 0.2) is 19.8 Å². The zero-order valence-corrected chi connectivity index (χ0v) is 82.5. The van der Waals surface area contributed by atoms with Crippen LogP contribution >= 0.6 is 0 Å². The maximum absolute atomic E-state index is 12.4. The summed E-state index contributed by atoms with van der Waals surface area (Å²) in [5.41, 5.74) is 1.05. The van der Waals surface area contributed by atoms with Gasteiger partial charge in [-0.3, -0.25) is 131 Å². The summed E-state index contributed by atoms with van der Waals surface area (Å²) in [6.45, 7) is 6.13. The molecule has 3 amide bonds. The van der Waals surface area contributed by atoms with Gasteiger partial charge in [-0.25, -0.2) is 14.4 Å². The maximum atomic E-state index is 12.4. The molecular formula is C93H131GdN15O34+3. The van der Waals surface area contributed by atoms with E-state index in [-0.39, 0.29) is 182 Å². The van der Waals surface area contributed by atoms with Gasteiger partial charge in [-0.15, -0.1) is 0 Å². The molecule has 3 saturated heterocycles. The van der Waals surface area contributed by atoms with E-state index >= 15 is 0 Å². The molecule has 1 radical (unpaired) electrons. The number of nitrogens with zero attached hydrogens (tertiary/aromatic N) is 12. The molecule has 143 heavy (non-hydrogen) atoms. The third-order valence-corrected chi connectivity index (χ3v) is 21.6. The molecule has 14 N–H and O–H groups in total. The van der Waals surface area contributed by atoms with Gasteiger partial charge in [0, 0.05) is 193 Å². The Kier molecular flexibility index (Phi) is 65.2. The van der Waals surface area contributed by atoms with E-state index in [1.165, 1.54) is 21.3 Å². The van der Waals surface area contributed by atoms with Gasteiger partial charge >= 0.3 is 129 Å². The fourth-order valence-electron chi connectivity index (χ4n) is 14.0. The number of benzene rings is 3. The standard InChI is InChI=1S/3C31H43N5O11.Gd.H2O/c3*1-46-31(45)25(32-30(44)24-7-3-2-4-8-24)9-10-29(43)47-20-6-5-11-33-12-14-34(21-26(37)38)16-18-36(23-28(41)42)19-17-35(15-13-33)22-27(39)40;;/h3*2-4,7-8,25H,9-23H2,1H3,(H,32,44)(H,37,38)(H,39,40)(H,41,42);;1H2/q;;;+3;. The van der Waals surface area contributed by atoms with E-state index in [2.05, 4.69) is 51.5 Å². The van der Waals surface area contributed by atoms with E-state index in [1.807, 2.05) is 14.7 Å². The predicted molar refractivity (Wildman–Crippen MR) is 503 cm³/mol. The summed E-state index contributed by atoms with van der Waals surface area (Å²) in [6.07, 6.45) is -0.654. The van der Waals surface area contributed by atoms with Gasteiger partial charge in [-0.1, -0.05) is 90.1 Å². The third kappa shape index (κ3) is 59.3. The molecular weight excluding hydrogens is 2030 g/mol. The molecule has 3 aliphatic heterocycles. The van der Waals surface area contributed by atoms with Crippen molar-refractivity contribution >= 4 is 107 Å². The zero-order valence-electron chi connectivity index (χ0n) is 80.3. The number of rotatable bonds is 42. The largest absolute Gasteiger partial charge is 3.00 e. The van der Waals surface area contributed by atoms with Gasteiger partial charge < -0.3 is 95.8 Å². The van der Waals surface area contributed by atoms with Crippen molar-refractivity contribution < 1.29 is 206 Å². The summed E-state index contributed by atoms with van der Waals surface area (Å²) in [4.78, 5) is 234. The van der Waals surface area contributed by atoms with Crippen molar-refractivity contribution in [3.8, 4) is 35.5 Å². The number of nitrogens with one attached hydrogen (secondary N) is 3. The van der Waals surface area contributed by atoms with Crippen molar-refractivity contribution in [3.05, 3.63) is 108 Å². The minimum atomic E-state index is -1.05. The topological polar surface area (TPSA) is 651 Å². The molecule has 0 bridgehead atoms. The summed E-state index contributed by atoms with van der Waals surface area (Å²) < 4.78 is 29.7. The number of carboxylic acids is 9. The Morgan fingerprint density at radius 2 is 0.413 bits per heavy atom. The van der Waals surface area contributed by atoms with Gasteiger partial charge in [0.05, 0.1) is 99.9 Å². The number of esters is 6. The van der Waals surface area contributed by atoms with E-state index in [4.69, 9.17) is 28.4 Å². The first-order chi connectivity index (χ1) is 67.4. The minimum Gasteiger partial charge on any atom is -0.480 e. The molecule has 3 fully saturated rings. The first kappa shape index (κ1) is 127. The van der Waals surface area contributed by atoms with Gasteiger partial charge in [-0.05, 0) is 55.7 Å². The minimum absolute atomic E-state index is 0. The monoisotopic (exact) mass is 2160 g/mol. The second-order valence-electron chi connectivity index (χ2n) is 32.3. The number of carbonyl (C=O) groups is 18. The average molecular weight is 2160 g/mol. The Balaban J connectivity index is 0.000000720. The molecule has 3 aromatic rings. The normalized spacial score (nSPS) is 16.0. The summed E-state index contributed by atoms with van der Waals surface area (Å²) in [7, 11) is 3.54. The maximum Gasteiger partial charge on any atom is 3.00 e. The van der Waals surface area contributed by atoms with E-state index in [1.54, 1.807) is 135 Å². The van der Waals surface area contributed by atoms with Crippen LogP contribution in [0.2, 0.25) is 0 Å². The van der Waals surface area contributed by atoms with E-state index in [9.17, 15) is 132 Å². The first-order valence-electron chi connectivity index (χ1n) is 45.2. The van der Waals surface area contributed by atoms with Gasteiger partial charge in [-0.2, -0.15) is 0 Å². The number of hydrogen-bond donors (Lipinski definition) is 12. The molecule has 0 aromatic heterocycles. The van der Waals surface area contributed by atoms with Crippen molar-refractivity contribution in [2.45, 2.75) is 56.7 Å². The average Bonchev–Trinajstić information content (AvgIpc) is 0.890. The van der Waals surface area contributed by atoms with E-state index in [0.717, 1.165) is 0 Å². The van der Waals surface area contributed by atoms with Gasteiger partial charge in [0.2, 0.25) is 0 Å². The van der Waals surface area contributed by atoms with Crippen LogP contribution in [0.4, 0.5) is 0 Å². The van der Waals surface area contributed by atoms with Crippen LogP contribution in [0.15, 0.2) is 91.0 Å². The molecule has 3 atom stereocenters. The molecule has 0 aliphatic carbocycles. The smallest absolute Gasteiger partial charge is 0.480 e. The fraction of sp³-hybridized carbons (Fsp3) is 0.548. The summed E-state index contributed by atoms with van der Waals surface area (Å²) in [5.74, 6) is 2.45. The van der Waals surface area contributed by atoms with Gasteiger partial charge in [0.25, 0.3) is 17.7 Å². The van der Waals surface area contributed by atoms with E-state index in [0.29, 0.717) is 174 Å². The van der Waals surface area contributed by atoms with Crippen molar-refractivity contribution in [2.24, 2.45) is 0 Å². The molecule has 6 rings (SSSR count). The number of aliphatic carboxylic acids is 9. The summed E-state index contributed by atoms with van der Waals surface area (Å²) >= 11 is 0. The second kappa shape index (κ2) is 73.6. The van der Waals surface area contributed by atoms with Crippen LogP contribution in [0.25, 0.3) is 0 Å². The van der Waals surface area contributed by atoms with Crippen LogP contribution in [0.3, 0.4) is 0 Å². The van der Waals surface area contributed by atoms with Crippen molar-refractivity contribution in [2.75, 3.05) is 277 Å². The Morgan fingerprint density at radius 1 is 0.259 bits per heavy atom. The Morgan fingerprint density at radius 3 is 0.559 bits per heavy atom. The van der Waals surface area contributed by atoms with Gasteiger partial charge in [0.1, 0.15) is 18.1 Å². The predicted octanol–water partition coefficient (Wildman–Crippen LogP) is -4.54. The number of ether oxygens (including phenoxy) is 6. The molecule has 0 saturated carbocycles. The van der Waals surface area contributed by atoms with Crippen LogP contribution in [0.1, 0.15) is 69.6 Å². The van der Waals surface area contributed by atoms with Crippen molar-refractivity contribution in [3.63, 3.8) is 0 Å². The molecule has 49 nitrogen and oxygen atoms in total. The van der Waals surface area contributed by atoms with Crippen LogP contribution in [0.5, 0.6) is 0 Å². The number of carbonyl (C=O) groups excluding carboxylic acids is 9. The molecule has 3 unspecified atom stereocenters. The summed E-state index contributed by atoms with van der Waals surface area (Å²) in [6, 6.07) is 21.7. The second-order valence-corrected chi connectivity index (χ2v) is 32.3. The third-order valence-electron chi connectivity index (χ3n) is 21.6. The quantitative estimate of drug-likeness (QED) is 0.0144. The SMILES string of the molecule is COC(=O)C(CCC(=O)OCC#CCN1CCN(CC(=O)O)CCN(CC(=O)O)CCN(CC(=O)O)CC1)NC(=O)c1ccccc1.COC(=O)C(CCC(=O)OCC#CCN1CCN(CC(=O)O)CCN(CC(=O)O)CCN(CC(=O)O)CC1)NC(=O)c1ccccc1.COC(=O)C(CCC(=O)OCC#CCN1CCN(CC(=O)O)CCN(CC(=O)O)CCN(CC(=O)O)CC1)NC(=O)c1ccccc1.O.[Gd+3]. The molecule has 3 aromatic carbocycles. The molecule has 50 heteroatoms. The van der Waals surface area contributed by atoms with Crippen molar-refractivity contribution in [1.82, 2.24) is 74.7 Å². The number of carboxylic acid groups (broad SMARTS) is 9. The number of amides is 3. The molecule has 3 aliphatic rings. The molecule has 3 heterocycles. The Labute approximate surface area is 859 Å². The fourth-order valence-corrected chi connectivity index (χ4v) is 14.0. The number of hydrogen-bond acceptors (Lipinski definition) is 36. The Hall–Kier alpha value is -12.4. The van der Waals surface area contributed by atoms with Crippen molar-refractivity contribution in [1.29, 1.82) is 0 Å². The van der Waals surface area contributed by atoms with Crippen LogP contribution in [-0.2, 0) is 100 Å². The Bertz CT molecular complexity index is 4180. The van der Waals surface area contributed by atoms with E-state index < -0.39 is 125 Å².